The molecule has 3 aliphatic rings. The van der Waals surface area contributed by atoms with Crippen LogP contribution in [0.5, 0.6) is 0 Å². The second-order valence-electron chi connectivity index (χ2n) is 7.32. The van der Waals surface area contributed by atoms with Crippen molar-refractivity contribution >= 4 is 23.3 Å². The molecule has 14 nitrogen and oxygen atoms in total. The molecule has 3 saturated heterocycles. The van der Waals surface area contributed by atoms with Gasteiger partial charge in [0.25, 0.3) is 5.91 Å². The van der Waals surface area contributed by atoms with Crippen LogP contribution in [0.1, 0.15) is 19.3 Å². The molecule has 0 saturated carbocycles. The van der Waals surface area contributed by atoms with E-state index >= 15 is 0 Å². The summed E-state index contributed by atoms with van der Waals surface area (Å²) in [7, 11) is 0. The lowest BCUT2D eigenvalue weighted by Gasteiger charge is -2.29. The molecule has 4 rings (SSSR count). The minimum absolute atomic E-state index is 0.0874. The third kappa shape index (κ3) is 4.53. The highest BCUT2D eigenvalue weighted by Gasteiger charge is 2.48. The molecule has 15 heteroatoms. The highest BCUT2D eigenvalue weighted by Crippen LogP contribution is 2.30. The van der Waals surface area contributed by atoms with E-state index in [1.807, 2.05) is 0 Å². The summed E-state index contributed by atoms with van der Waals surface area (Å²) in [5, 5.41) is 15.3. The molecule has 0 radical (unpaired) electrons. The predicted octanol–water partition coefficient (Wildman–Crippen LogP) is -1.96. The molecule has 3 aliphatic heterocycles. The largest absolute Gasteiger partial charge is 0.346 e. The number of carbonyl (C=O) groups excluding carboxylic acids is 2. The molecular weight excluding hydrogens is 408 g/mol. The number of nitrogens with one attached hydrogen (secondary N) is 2. The first-order chi connectivity index (χ1) is 14.0. The molecule has 5 atom stereocenters. The van der Waals surface area contributed by atoms with Crippen LogP contribution in [0.3, 0.4) is 0 Å². The lowest BCUT2D eigenvalue weighted by Crippen LogP contribution is -2.50. The summed E-state index contributed by atoms with van der Waals surface area (Å²) in [6.45, 7) is 2.06. The summed E-state index contributed by atoms with van der Waals surface area (Å²) in [5.74, 6) is -0.0598. The lowest BCUT2D eigenvalue weighted by molar-refractivity contribution is -0.139. The summed E-state index contributed by atoms with van der Waals surface area (Å²) >= 11 is -2.59. The molecule has 0 aliphatic carbocycles. The zero-order valence-corrected chi connectivity index (χ0v) is 16.2. The number of urea groups is 1. The van der Waals surface area contributed by atoms with E-state index in [4.69, 9.17) is 9.39 Å². The number of piperidine rings is 1. The van der Waals surface area contributed by atoms with E-state index < -0.39 is 29.3 Å². The Balaban J connectivity index is 1.20. The quantitative estimate of drug-likeness (QED) is 0.311. The van der Waals surface area contributed by atoms with E-state index in [1.54, 1.807) is 11.0 Å². The normalized spacial score (nSPS) is 30.0. The fourth-order valence-electron chi connectivity index (χ4n) is 4.05. The summed E-state index contributed by atoms with van der Waals surface area (Å²) in [6, 6.07) is -1.56. The van der Waals surface area contributed by atoms with Gasteiger partial charge < -0.3 is 10.2 Å². The third-order valence-electron chi connectivity index (χ3n) is 5.38. The van der Waals surface area contributed by atoms with Crippen LogP contribution < -0.4 is 10.8 Å². The Morgan fingerprint density at radius 1 is 1.45 bits per heavy atom. The Morgan fingerprint density at radius 2 is 2.31 bits per heavy atom. The van der Waals surface area contributed by atoms with Gasteiger partial charge in [-0.2, -0.15) is 9.27 Å². The van der Waals surface area contributed by atoms with Crippen molar-refractivity contribution in [2.45, 2.75) is 43.9 Å². The molecule has 3 amide bonds. The SMILES string of the molecule is O=C(NOC[C@@H]1C[C@@H](Cn2cnnn2)CN1)C1CCC2CN1C(=O)N2OS(=O)O. The maximum atomic E-state index is 12.5. The van der Waals surface area contributed by atoms with Gasteiger partial charge in [0.2, 0.25) is 0 Å². The van der Waals surface area contributed by atoms with Gasteiger partial charge in [0.15, 0.2) is 0 Å². The maximum Gasteiger partial charge on any atom is 0.346 e. The summed E-state index contributed by atoms with van der Waals surface area (Å²) in [6.07, 6.45) is 3.33. The number of carbonyl (C=O) groups is 2. The highest BCUT2D eigenvalue weighted by atomic mass is 32.2. The van der Waals surface area contributed by atoms with Gasteiger partial charge in [-0.1, -0.05) is 0 Å². The van der Waals surface area contributed by atoms with E-state index in [9.17, 15) is 13.8 Å². The number of hydroxylamine groups is 3. The average molecular weight is 430 g/mol. The van der Waals surface area contributed by atoms with Crippen molar-refractivity contribution in [2.75, 3.05) is 19.7 Å². The van der Waals surface area contributed by atoms with Crippen LogP contribution in [-0.2, 0) is 31.8 Å². The van der Waals surface area contributed by atoms with Crippen LogP contribution in [0.2, 0.25) is 0 Å². The fraction of sp³-hybridized carbons (Fsp3) is 0.786. The van der Waals surface area contributed by atoms with Gasteiger partial charge in [0.1, 0.15) is 12.4 Å². The number of hydrogen-bond acceptors (Lipinski definition) is 9. The molecule has 3 unspecified atom stereocenters. The number of amides is 3. The molecule has 0 aromatic carbocycles. The Bertz CT molecular complexity index is 765. The Kier molecular flexibility index (Phi) is 6.00. The lowest BCUT2D eigenvalue weighted by atomic mass is 10.0. The summed E-state index contributed by atoms with van der Waals surface area (Å²) in [4.78, 5) is 31.5. The van der Waals surface area contributed by atoms with Gasteiger partial charge in [-0.15, -0.1) is 9.38 Å². The maximum absolute atomic E-state index is 12.5. The topological polar surface area (TPSA) is 164 Å². The van der Waals surface area contributed by atoms with Crippen molar-refractivity contribution in [3.8, 4) is 0 Å². The minimum atomic E-state index is -2.59. The summed E-state index contributed by atoms with van der Waals surface area (Å²) in [5.41, 5.74) is 2.42. The Hall–Kier alpha value is -2.20. The van der Waals surface area contributed by atoms with Gasteiger partial charge in [-0.05, 0) is 35.6 Å². The van der Waals surface area contributed by atoms with Crippen molar-refractivity contribution in [1.82, 2.24) is 41.0 Å². The van der Waals surface area contributed by atoms with Crippen molar-refractivity contribution in [3.63, 3.8) is 0 Å². The molecule has 4 heterocycles. The monoisotopic (exact) mass is 430 g/mol. The van der Waals surface area contributed by atoms with E-state index in [0.717, 1.165) is 18.0 Å². The minimum Gasteiger partial charge on any atom is -0.311 e. The van der Waals surface area contributed by atoms with Crippen LogP contribution >= 0.6 is 0 Å². The molecule has 1 aromatic rings. The van der Waals surface area contributed by atoms with Crippen molar-refractivity contribution in [1.29, 1.82) is 0 Å². The van der Waals surface area contributed by atoms with Crippen LogP contribution in [0, 0.1) is 5.92 Å². The fourth-order valence-corrected chi connectivity index (χ4v) is 4.37. The second-order valence-corrected chi connectivity index (χ2v) is 7.90. The van der Waals surface area contributed by atoms with Crippen molar-refractivity contribution in [2.24, 2.45) is 5.92 Å². The zero-order valence-electron chi connectivity index (χ0n) is 15.4. The molecule has 3 N–H and O–H groups in total. The third-order valence-corrected chi connectivity index (χ3v) is 5.66. The van der Waals surface area contributed by atoms with Gasteiger partial charge in [-0.25, -0.2) is 15.0 Å². The molecular formula is C14H22N8O6S. The van der Waals surface area contributed by atoms with Gasteiger partial charge in [0.05, 0.1) is 12.6 Å². The van der Waals surface area contributed by atoms with Crippen LogP contribution in [0.4, 0.5) is 4.79 Å². The van der Waals surface area contributed by atoms with Crippen molar-refractivity contribution in [3.05, 3.63) is 6.33 Å². The number of hydrogen-bond donors (Lipinski definition) is 3. The molecule has 29 heavy (non-hydrogen) atoms. The number of tetrazole rings is 1. The average Bonchev–Trinajstić information content (AvgIpc) is 3.41. The number of rotatable bonds is 8. The van der Waals surface area contributed by atoms with Gasteiger partial charge in [0, 0.05) is 25.7 Å². The molecule has 3 fully saturated rings. The Morgan fingerprint density at radius 3 is 3.07 bits per heavy atom. The zero-order chi connectivity index (χ0) is 20.4. The Labute approximate surface area is 168 Å². The van der Waals surface area contributed by atoms with E-state index in [0.29, 0.717) is 31.9 Å². The van der Waals surface area contributed by atoms with E-state index in [1.165, 1.54) is 4.90 Å². The van der Waals surface area contributed by atoms with E-state index in [2.05, 4.69) is 30.6 Å². The first-order valence-corrected chi connectivity index (χ1v) is 10.3. The first-order valence-electron chi connectivity index (χ1n) is 9.26. The molecule has 2 bridgehead atoms. The molecule has 0 spiro atoms. The van der Waals surface area contributed by atoms with Crippen LogP contribution in [0.15, 0.2) is 6.33 Å². The standard InChI is InChI=1S/C14H22N8O6S/c23-13(12-2-1-11-6-21(12)14(24)22(11)28-29(25)26)17-27-7-10-3-9(4-15-10)5-20-8-16-18-19-20/h8-12,15H,1-7H2,(H,17,23)(H,25,26)/t9-,10+,11?,12?/m1/s1. The van der Waals surface area contributed by atoms with E-state index in [-0.39, 0.29) is 18.6 Å². The van der Waals surface area contributed by atoms with Crippen molar-refractivity contribution < 1.29 is 27.5 Å². The number of nitrogens with zero attached hydrogens (tertiary/aromatic N) is 6. The molecule has 1 aromatic heterocycles. The van der Waals surface area contributed by atoms with Gasteiger partial charge in [-0.3, -0.25) is 14.2 Å². The highest BCUT2D eigenvalue weighted by molar-refractivity contribution is 7.74. The number of fused-ring (bicyclic) bond motifs is 2. The van der Waals surface area contributed by atoms with Crippen LogP contribution in [-0.4, -0.2) is 88.7 Å². The summed E-state index contributed by atoms with van der Waals surface area (Å²) < 4.78 is 26.0. The first kappa shape index (κ1) is 20.1. The second kappa shape index (κ2) is 8.66. The number of aromatic nitrogens is 4. The van der Waals surface area contributed by atoms with Crippen LogP contribution in [0.25, 0.3) is 0 Å². The van der Waals surface area contributed by atoms with Gasteiger partial charge >= 0.3 is 17.4 Å². The molecule has 160 valence electrons. The smallest absolute Gasteiger partial charge is 0.311 e. The predicted molar refractivity (Wildman–Crippen MR) is 94.4 cm³/mol.